The van der Waals surface area contributed by atoms with Crippen LogP contribution in [0.2, 0.25) is 0 Å². The van der Waals surface area contributed by atoms with Crippen molar-refractivity contribution in [2.45, 2.75) is 26.3 Å². The summed E-state index contributed by atoms with van der Waals surface area (Å²) < 4.78 is 21.3. The molecule has 4 rings (SSSR count). The summed E-state index contributed by atoms with van der Waals surface area (Å²) >= 11 is 0. The Bertz CT molecular complexity index is 1060. The van der Waals surface area contributed by atoms with Crippen LogP contribution in [0.3, 0.4) is 0 Å². The van der Waals surface area contributed by atoms with E-state index in [0.717, 1.165) is 11.1 Å². The zero-order valence-electron chi connectivity index (χ0n) is 14.9. The van der Waals surface area contributed by atoms with Crippen LogP contribution in [0.25, 0.3) is 16.8 Å². The minimum absolute atomic E-state index is 0.195. The molecule has 138 valence electrons. The molecule has 1 fully saturated rings. The first kappa shape index (κ1) is 17.0. The summed E-state index contributed by atoms with van der Waals surface area (Å²) in [6.45, 7) is 4.60. The monoisotopic (exact) mass is 368 g/mol. The predicted octanol–water partition coefficient (Wildman–Crippen LogP) is 2.03. The van der Waals surface area contributed by atoms with Crippen LogP contribution in [-0.4, -0.2) is 44.5 Å². The van der Waals surface area contributed by atoms with Gasteiger partial charge in [-0.05, 0) is 32.4 Å². The summed E-state index contributed by atoms with van der Waals surface area (Å²) in [6, 6.07) is 3.24. The largest absolute Gasteiger partial charge is 0.361 e. The molecule has 0 aromatic carbocycles. The summed E-state index contributed by atoms with van der Waals surface area (Å²) in [5.74, 6) is -0.681. The van der Waals surface area contributed by atoms with Gasteiger partial charge in [-0.3, -0.25) is 9.20 Å². The number of hydrogen-bond donors (Lipinski definition) is 1. The number of pyridine rings is 1. The van der Waals surface area contributed by atoms with Gasteiger partial charge in [0.05, 0.1) is 5.69 Å². The third-order valence-electron chi connectivity index (χ3n) is 4.76. The Morgan fingerprint density at radius 2 is 2.26 bits per heavy atom. The molecule has 0 bridgehead atoms. The third-order valence-corrected chi connectivity index (χ3v) is 4.76. The molecule has 0 unspecified atom stereocenters. The number of nitrogens with zero attached hydrogens (tertiary/aromatic N) is 5. The Kier molecular flexibility index (Phi) is 4.03. The Morgan fingerprint density at radius 3 is 2.93 bits per heavy atom. The van der Waals surface area contributed by atoms with Crippen LogP contribution in [0.4, 0.5) is 4.39 Å². The lowest BCUT2D eigenvalue weighted by Gasteiger charge is -2.10. The van der Waals surface area contributed by atoms with E-state index in [4.69, 9.17) is 9.78 Å². The normalized spacial score (nSPS) is 16.7. The van der Waals surface area contributed by atoms with Gasteiger partial charge in [-0.15, -0.1) is 0 Å². The summed E-state index contributed by atoms with van der Waals surface area (Å²) in [5.41, 5.74) is 2.29. The molecular formula is C18H17FN6O2. The van der Waals surface area contributed by atoms with E-state index in [1.54, 1.807) is 30.2 Å². The Morgan fingerprint density at radius 1 is 1.44 bits per heavy atom. The van der Waals surface area contributed by atoms with Crippen molar-refractivity contribution in [1.29, 1.82) is 5.26 Å². The van der Waals surface area contributed by atoms with Gasteiger partial charge in [-0.1, -0.05) is 5.16 Å². The molecule has 4 heterocycles. The van der Waals surface area contributed by atoms with Crippen LogP contribution in [0, 0.1) is 31.3 Å². The van der Waals surface area contributed by atoms with E-state index in [2.05, 4.69) is 15.5 Å². The van der Waals surface area contributed by atoms with Crippen molar-refractivity contribution in [3.63, 3.8) is 0 Å². The maximum atomic E-state index is 14.9. The number of aromatic nitrogens is 3. The first-order valence-electron chi connectivity index (χ1n) is 8.54. The van der Waals surface area contributed by atoms with Crippen molar-refractivity contribution in [2.75, 3.05) is 13.1 Å². The number of nitriles is 1. The molecule has 0 spiro atoms. The van der Waals surface area contributed by atoms with E-state index >= 15 is 0 Å². The molecule has 27 heavy (non-hydrogen) atoms. The number of rotatable bonds is 3. The van der Waals surface area contributed by atoms with E-state index < -0.39 is 11.9 Å². The van der Waals surface area contributed by atoms with Gasteiger partial charge in [0.2, 0.25) is 5.95 Å². The molecule has 9 heteroatoms. The van der Waals surface area contributed by atoms with Crippen molar-refractivity contribution < 1.29 is 13.7 Å². The van der Waals surface area contributed by atoms with Gasteiger partial charge >= 0.3 is 0 Å². The van der Waals surface area contributed by atoms with Crippen molar-refractivity contribution in [3.8, 4) is 17.3 Å². The zero-order chi connectivity index (χ0) is 19.1. The zero-order valence-corrected chi connectivity index (χ0v) is 14.9. The average molecular weight is 368 g/mol. The van der Waals surface area contributed by atoms with E-state index in [1.165, 1.54) is 4.40 Å². The number of amides is 1. The highest BCUT2D eigenvalue weighted by Gasteiger charge is 2.27. The number of carbonyl (C=O) groups excluding carboxylic acids is 1. The van der Waals surface area contributed by atoms with Gasteiger partial charge < -0.3 is 14.7 Å². The van der Waals surface area contributed by atoms with Crippen molar-refractivity contribution in [3.05, 3.63) is 41.4 Å². The fourth-order valence-electron chi connectivity index (χ4n) is 3.43. The molecule has 8 nitrogen and oxygen atoms in total. The molecule has 1 atom stereocenters. The Hall–Kier alpha value is -3.41. The van der Waals surface area contributed by atoms with Crippen LogP contribution in [0.1, 0.15) is 28.4 Å². The summed E-state index contributed by atoms with van der Waals surface area (Å²) in [4.78, 5) is 18.1. The highest BCUT2D eigenvalue weighted by Crippen LogP contribution is 2.27. The molecule has 1 saturated heterocycles. The highest BCUT2D eigenvalue weighted by molar-refractivity contribution is 5.93. The molecule has 1 N–H and O–H groups in total. The first-order chi connectivity index (χ1) is 13.0. The number of halogens is 1. The molecule has 1 aliphatic heterocycles. The van der Waals surface area contributed by atoms with Gasteiger partial charge in [-0.25, -0.2) is 4.98 Å². The summed E-state index contributed by atoms with van der Waals surface area (Å²) in [7, 11) is 0. The minimum Gasteiger partial charge on any atom is -0.361 e. The molecule has 3 aromatic heterocycles. The molecule has 0 radical (unpaired) electrons. The van der Waals surface area contributed by atoms with Crippen molar-refractivity contribution >= 4 is 11.6 Å². The molecule has 0 aliphatic carbocycles. The molecule has 0 saturated carbocycles. The standard InChI is InChI=1S/C18H17FN6O2/c1-10-15(11(2)27-23-10)12-3-4-14-22-16(17(19)25(14)7-12)18(26)21-13-5-6-24(8-13)9-20/h3-4,7,13H,5-6,8H2,1-2H3,(H,21,26)/t13-/m1/s1. The second-order valence-corrected chi connectivity index (χ2v) is 6.60. The molecule has 3 aromatic rings. The quantitative estimate of drug-likeness (QED) is 0.710. The number of fused-ring (bicyclic) bond motifs is 1. The lowest BCUT2D eigenvalue weighted by molar-refractivity contribution is 0.0929. The number of likely N-dealkylation sites (tertiary alicyclic amines) is 1. The van der Waals surface area contributed by atoms with Crippen LogP contribution in [0.5, 0.6) is 0 Å². The third kappa shape index (κ3) is 2.89. The van der Waals surface area contributed by atoms with Crippen LogP contribution >= 0.6 is 0 Å². The van der Waals surface area contributed by atoms with E-state index in [9.17, 15) is 9.18 Å². The van der Waals surface area contributed by atoms with Gasteiger partial charge in [-0.2, -0.15) is 9.65 Å². The van der Waals surface area contributed by atoms with Gasteiger partial charge in [0.1, 0.15) is 11.4 Å². The second-order valence-electron chi connectivity index (χ2n) is 6.60. The fraction of sp³-hybridized carbons (Fsp3) is 0.333. The van der Waals surface area contributed by atoms with Crippen molar-refractivity contribution in [2.24, 2.45) is 0 Å². The molecule has 1 aliphatic rings. The first-order valence-corrected chi connectivity index (χ1v) is 8.54. The second kappa shape index (κ2) is 6.39. The van der Waals surface area contributed by atoms with Gasteiger partial charge in [0.25, 0.3) is 5.91 Å². The number of aryl methyl sites for hydroxylation is 2. The number of hydrogen-bond acceptors (Lipinski definition) is 6. The summed E-state index contributed by atoms with van der Waals surface area (Å²) in [6.07, 6.45) is 4.26. The number of imidazole rings is 1. The predicted molar refractivity (Wildman–Crippen MR) is 93.2 cm³/mol. The van der Waals surface area contributed by atoms with Crippen molar-refractivity contribution in [1.82, 2.24) is 24.8 Å². The van der Waals surface area contributed by atoms with Crippen LogP contribution in [-0.2, 0) is 0 Å². The Balaban J connectivity index is 1.64. The average Bonchev–Trinajstić information content (AvgIpc) is 3.33. The minimum atomic E-state index is -0.730. The number of nitrogens with one attached hydrogen (secondary N) is 1. The van der Waals surface area contributed by atoms with E-state index in [0.29, 0.717) is 36.6 Å². The molecule has 1 amide bonds. The summed E-state index contributed by atoms with van der Waals surface area (Å²) in [5, 5.41) is 15.6. The Labute approximate surface area is 154 Å². The van der Waals surface area contributed by atoms with E-state index in [-0.39, 0.29) is 11.7 Å². The van der Waals surface area contributed by atoms with Gasteiger partial charge in [0.15, 0.2) is 11.9 Å². The SMILES string of the molecule is Cc1noc(C)c1-c1ccc2nc(C(=O)N[C@@H]3CCN(C#N)C3)c(F)n2c1. The highest BCUT2D eigenvalue weighted by atomic mass is 19.1. The van der Waals surface area contributed by atoms with Crippen LogP contribution in [0.15, 0.2) is 22.9 Å². The smallest absolute Gasteiger partial charge is 0.274 e. The van der Waals surface area contributed by atoms with Crippen LogP contribution < -0.4 is 5.32 Å². The lowest BCUT2D eigenvalue weighted by Crippen LogP contribution is -2.37. The maximum Gasteiger partial charge on any atom is 0.274 e. The fourth-order valence-corrected chi connectivity index (χ4v) is 3.43. The topological polar surface area (TPSA) is 99.5 Å². The molecular weight excluding hydrogens is 351 g/mol. The lowest BCUT2D eigenvalue weighted by atomic mass is 10.1. The van der Waals surface area contributed by atoms with Gasteiger partial charge in [0, 0.05) is 36.5 Å². The number of carbonyl (C=O) groups is 1. The van der Waals surface area contributed by atoms with E-state index in [1.807, 2.05) is 13.1 Å². The maximum absolute atomic E-state index is 14.9.